The van der Waals surface area contributed by atoms with E-state index in [4.69, 9.17) is 0 Å². The molecule has 4 heterocycles. The van der Waals surface area contributed by atoms with Crippen LogP contribution in [0.3, 0.4) is 0 Å². The normalized spacial score (nSPS) is 11.7. The van der Waals surface area contributed by atoms with E-state index in [0.717, 1.165) is 114 Å². The van der Waals surface area contributed by atoms with Gasteiger partial charge in [-0.3, -0.25) is 0 Å². The molecule has 0 spiro atoms. The summed E-state index contributed by atoms with van der Waals surface area (Å²) in [6, 6.07) is 176. The molecule has 0 fully saturated rings. The summed E-state index contributed by atoms with van der Waals surface area (Å²) in [5.41, 5.74) is 37.2. The lowest BCUT2D eigenvalue weighted by molar-refractivity contribution is 0.648. The first-order valence-corrected chi connectivity index (χ1v) is 48.1. The van der Waals surface area contributed by atoms with Crippen molar-refractivity contribution in [3.05, 3.63) is 530 Å². The second-order valence-electron chi connectivity index (χ2n) is 36.7. The first-order chi connectivity index (χ1) is 68.5. The summed E-state index contributed by atoms with van der Waals surface area (Å²) >= 11 is 0. The summed E-state index contributed by atoms with van der Waals surface area (Å²) in [7, 11) is 0. The van der Waals surface area contributed by atoms with E-state index in [1.165, 1.54) is 115 Å². The molecule has 0 aliphatic heterocycles. The van der Waals surface area contributed by atoms with Crippen LogP contribution in [0.1, 0.15) is 58.4 Å². The molecule has 0 bridgehead atoms. The van der Waals surface area contributed by atoms with Gasteiger partial charge in [0, 0.05) is 134 Å². The molecule has 0 unspecified atom stereocenters. The van der Waals surface area contributed by atoms with Gasteiger partial charge in [0.2, 0.25) is 0 Å². The number of aryl methyl sites for hydroxylation is 3. The van der Waals surface area contributed by atoms with Gasteiger partial charge in [-0.25, -0.2) is 0 Å². The Hall–Kier alpha value is -17.7. The molecule has 0 atom stereocenters. The molecule has 4 aromatic heterocycles. The third kappa shape index (κ3) is 16.8. The molecule has 0 aliphatic rings. The molecule has 0 saturated carbocycles. The molecule has 139 heavy (non-hydrogen) atoms. The first-order valence-electron chi connectivity index (χ1n) is 48.1. The van der Waals surface area contributed by atoms with E-state index >= 15 is 0 Å². The molecular weight excluding hydrogens is 1690 g/mol. The number of fused-ring (bicyclic) bond motifs is 12. The van der Waals surface area contributed by atoms with E-state index in [1.807, 2.05) is 0 Å². The number of aromatic nitrogens is 4. The van der Waals surface area contributed by atoms with Crippen LogP contribution in [-0.4, -0.2) is 18.3 Å². The molecule has 666 valence electrons. The number of nitrogens with zero attached hydrogens (tertiary/aromatic N) is 8. The number of hydrogen-bond acceptors (Lipinski definition) is 4. The number of hydrogen-bond donors (Lipinski definition) is 0. The maximum absolute atomic E-state index is 2.41. The summed E-state index contributed by atoms with van der Waals surface area (Å²) in [4.78, 5) is 9.43. The van der Waals surface area contributed by atoms with Crippen LogP contribution in [0.4, 0.5) is 68.2 Å². The number of rotatable bonds is 22. The molecule has 24 aromatic rings. The van der Waals surface area contributed by atoms with E-state index in [2.05, 4.69) is 582 Å². The lowest BCUT2D eigenvalue weighted by Crippen LogP contribution is -2.09. The van der Waals surface area contributed by atoms with Crippen molar-refractivity contribution in [2.75, 3.05) is 19.6 Å². The van der Waals surface area contributed by atoms with Gasteiger partial charge >= 0.3 is 0 Å². The van der Waals surface area contributed by atoms with Crippen molar-refractivity contribution in [3.63, 3.8) is 0 Å². The highest BCUT2D eigenvalue weighted by atomic mass is 15.2. The van der Waals surface area contributed by atoms with Gasteiger partial charge in [0.05, 0.1) is 44.1 Å². The Morgan fingerprint density at radius 2 is 0.360 bits per heavy atom. The van der Waals surface area contributed by atoms with Crippen LogP contribution in [0.2, 0.25) is 0 Å². The molecule has 8 heteroatoms. The fourth-order valence-corrected chi connectivity index (χ4v) is 20.4. The first kappa shape index (κ1) is 85.5. The Bertz CT molecular complexity index is 8390. The lowest BCUT2D eigenvalue weighted by atomic mass is 10.0. The zero-order chi connectivity index (χ0) is 93.4. The van der Waals surface area contributed by atoms with Crippen LogP contribution >= 0.6 is 0 Å². The Kier molecular flexibility index (Phi) is 22.9. The van der Waals surface area contributed by atoms with Crippen molar-refractivity contribution < 1.29 is 0 Å². The average molecular weight is 1790 g/mol. The van der Waals surface area contributed by atoms with Gasteiger partial charge in [-0.05, 0) is 328 Å². The second kappa shape index (κ2) is 37.3. The molecule has 20 aromatic carbocycles. The van der Waals surface area contributed by atoms with E-state index in [1.54, 1.807) is 0 Å². The maximum Gasteiger partial charge on any atom is 0.0542 e. The van der Waals surface area contributed by atoms with Crippen molar-refractivity contribution >= 4 is 180 Å². The largest absolute Gasteiger partial charge is 0.310 e. The van der Waals surface area contributed by atoms with Gasteiger partial charge in [-0.2, -0.15) is 0 Å². The van der Waals surface area contributed by atoms with Gasteiger partial charge < -0.3 is 37.9 Å². The smallest absolute Gasteiger partial charge is 0.0542 e. The monoisotopic (exact) mass is 1790 g/mol. The van der Waals surface area contributed by atoms with Crippen molar-refractivity contribution in [3.8, 4) is 22.7 Å². The van der Waals surface area contributed by atoms with Gasteiger partial charge in [-0.1, -0.05) is 273 Å². The van der Waals surface area contributed by atoms with Crippen LogP contribution in [0.25, 0.3) is 134 Å². The zero-order valence-electron chi connectivity index (χ0n) is 78.4. The van der Waals surface area contributed by atoms with E-state index < -0.39 is 0 Å². The Morgan fingerprint density at radius 1 is 0.180 bits per heavy atom. The van der Waals surface area contributed by atoms with E-state index in [9.17, 15) is 0 Å². The summed E-state index contributed by atoms with van der Waals surface area (Å²) in [5.74, 6) is 0.576. The molecule has 8 nitrogen and oxygen atoms in total. The molecule has 24 rings (SSSR count). The van der Waals surface area contributed by atoms with Gasteiger partial charge in [0.25, 0.3) is 0 Å². The van der Waals surface area contributed by atoms with Crippen LogP contribution in [-0.2, 0) is 6.42 Å². The molecule has 0 N–H and O–H groups in total. The number of benzene rings is 20. The van der Waals surface area contributed by atoms with Crippen molar-refractivity contribution in [1.29, 1.82) is 0 Å². The summed E-state index contributed by atoms with van der Waals surface area (Å²) in [6.45, 7) is 11.1. The van der Waals surface area contributed by atoms with Crippen LogP contribution in [0.5, 0.6) is 0 Å². The van der Waals surface area contributed by atoms with Gasteiger partial charge in [0.1, 0.15) is 0 Å². The zero-order valence-corrected chi connectivity index (χ0v) is 78.4. The number of anilines is 12. The predicted octanol–water partition coefficient (Wildman–Crippen LogP) is 36.1. The highest BCUT2D eigenvalue weighted by molar-refractivity contribution is 6.15. The van der Waals surface area contributed by atoms with E-state index in [0.29, 0.717) is 5.92 Å². The molecular formula is C131H102N8. The SMILES string of the molecule is Cc1ccc2c(c1)c1cc(N(c3ccccc3)c3ccc(/C=C/c4ccc(N(c5ccccc5)c5ccc6c(c5)c5cc(C)ccc5n6-c5ccccc5)cc4)cc3)ccc1n2-c1ccccc1.Cc1ccc2c(c1)c1cc(N(c3ccccc3)c3ccc(/C=C/c4ccc(N(c5ccccc5)c5ccc6c(c5)c5cc(CC(C)C)ccc5n6-c5ccccc5)cc4)cc3)ccc1n2-c1ccccc1. The molecule has 0 aliphatic carbocycles. The van der Waals surface area contributed by atoms with Crippen LogP contribution in [0, 0.1) is 26.7 Å². The average Bonchev–Trinajstić information content (AvgIpc) is 1.60. The van der Waals surface area contributed by atoms with Crippen molar-refractivity contribution in [1.82, 2.24) is 18.3 Å². The fraction of sp³-hybridized carbons (Fsp3) is 0.0534. The van der Waals surface area contributed by atoms with Gasteiger partial charge in [0.15, 0.2) is 0 Å². The summed E-state index contributed by atoms with van der Waals surface area (Å²) < 4.78 is 9.54. The Morgan fingerprint density at radius 3 is 0.583 bits per heavy atom. The topological polar surface area (TPSA) is 32.7 Å². The molecule has 0 amide bonds. The highest BCUT2D eigenvalue weighted by Crippen LogP contribution is 2.47. The third-order valence-electron chi connectivity index (χ3n) is 26.9. The molecule has 0 radical (unpaired) electrons. The summed E-state index contributed by atoms with van der Waals surface area (Å²) in [6.07, 6.45) is 9.86. The predicted molar refractivity (Wildman–Crippen MR) is 592 cm³/mol. The third-order valence-corrected chi connectivity index (χ3v) is 26.9. The van der Waals surface area contributed by atoms with E-state index in [-0.39, 0.29) is 0 Å². The number of para-hydroxylation sites is 8. The van der Waals surface area contributed by atoms with Crippen LogP contribution in [0.15, 0.2) is 485 Å². The Labute approximate surface area is 811 Å². The quantitative estimate of drug-likeness (QED) is 0.0633. The standard InChI is InChI=1S/C67H54N4.C64H48N4/c1-47(2)42-51-31-39-65-61(44-51)63-46-59(37-41-67(63)71(65)55-22-14-7-15-23-55)69(53-18-10-5-11-19-53)57-34-29-50(30-35-57)26-25-49-27-32-56(33-28-49)68(52-16-8-4-9-17-52)58-36-40-66-62(45-58)60-43-48(3)24-38-64(60)70(66)54-20-12-6-13-21-54;1-45-23-37-61-57(41-45)59-43-55(35-39-63(59)67(61)51-19-11-5-12-20-51)65(49-15-7-3-8-16-49)53-31-27-47(28-32-53)25-26-48-29-33-54(34-30-48)66(50-17-9-4-10-18-50)56-36-40-64-60(44-56)58-42-46(2)24-38-62(58)68(64)52-21-13-6-14-22-52/h4-41,43-47H,42H2,1-3H3;3-44H,1-2H3/b2*26-25+. The van der Waals surface area contributed by atoms with Crippen molar-refractivity contribution in [2.24, 2.45) is 5.92 Å². The summed E-state index contributed by atoms with van der Waals surface area (Å²) in [5, 5.41) is 9.96. The fourth-order valence-electron chi connectivity index (χ4n) is 20.4. The van der Waals surface area contributed by atoms with Crippen LogP contribution < -0.4 is 19.6 Å². The minimum Gasteiger partial charge on any atom is -0.310 e. The van der Waals surface area contributed by atoms with Crippen molar-refractivity contribution in [2.45, 2.75) is 41.0 Å². The minimum atomic E-state index is 0.576. The maximum atomic E-state index is 2.41. The highest BCUT2D eigenvalue weighted by Gasteiger charge is 2.25. The Balaban J connectivity index is 0.000000156. The lowest BCUT2D eigenvalue weighted by Gasteiger charge is -2.26. The minimum absolute atomic E-state index is 0.576. The molecule has 0 saturated heterocycles. The van der Waals surface area contributed by atoms with Gasteiger partial charge in [-0.15, -0.1) is 0 Å². The second-order valence-corrected chi connectivity index (χ2v) is 36.7.